The van der Waals surface area contributed by atoms with Crippen LogP contribution in [0.25, 0.3) is 46.4 Å². The summed E-state index contributed by atoms with van der Waals surface area (Å²) in [5.41, 5.74) is 11.4. The average Bonchev–Trinajstić information content (AvgIpc) is 4.02. The minimum atomic E-state index is -0.250. The van der Waals surface area contributed by atoms with Crippen molar-refractivity contribution in [2.24, 2.45) is 0 Å². The van der Waals surface area contributed by atoms with Crippen molar-refractivity contribution in [1.82, 2.24) is 19.9 Å². The number of nitrogens with zero attached hydrogens (tertiary/aromatic N) is 3. The molecule has 7 nitrogen and oxygen atoms in total. The SMILES string of the molecule is C1=Cc2cc3ccc(cc4nc(cc5ccc(cc1n2)[nH]5)C=C4)[nH]3.O=CO.c1ccc(N(c2ccccc2)c2ccccc2)cc1.c1ccccc1. The van der Waals surface area contributed by atoms with Crippen LogP contribution in [-0.4, -0.2) is 31.5 Å². The first-order valence-electron chi connectivity index (χ1n) is 16.7. The van der Waals surface area contributed by atoms with Gasteiger partial charge in [-0.25, -0.2) is 9.97 Å². The molecule has 52 heavy (non-hydrogen) atoms. The lowest BCUT2D eigenvalue weighted by Gasteiger charge is -2.25. The Hall–Kier alpha value is -7.25. The number of fused-ring (bicyclic) bond motifs is 8. The zero-order valence-electron chi connectivity index (χ0n) is 28.3. The first-order valence-corrected chi connectivity index (χ1v) is 16.7. The summed E-state index contributed by atoms with van der Waals surface area (Å²) in [4.78, 5) is 26.6. The Morgan fingerprint density at radius 2 is 0.635 bits per heavy atom. The third-order valence-electron chi connectivity index (χ3n) is 7.75. The standard InChI is InChI=1S/C20H14N4.C18H15N.C6H6.CH2O2/c1-2-14-10-16-5-6-18(23-16)12-20-8-7-19(24-20)11-17-4-3-15(22-17)9-13(1)21-14;1-4-10-16(11-5-1)19(17-12-6-2-7-13-17)18-14-8-3-9-15-18;1-2-4-6-5-3-1;2-1-3/h1-12,21,24H;1-15H;1-6H;1H,(H,2,3). The highest BCUT2D eigenvalue weighted by Gasteiger charge is 2.10. The van der Waals surface area contributed by atoms with Crippen molar-refractivity contribution < 1.29 is 9.90 Å². The van der Waals surface area contributed by atoms with Crippen molar-refractivity contribution >= 4 is 69.9 Å². The zero-order valence-corrected chi connectivity index (χ0v) is 28.3. The van der Waals surface area contributed by atoms with Crippen LogP contribution in [0.2, 0.25) is 0 Å². The molecule has 0 spiro atoms. The third-order valence-corrected chi connectivity index (χ3v) is 7.75. The Labute approximate surface area is 302 Å². The summed E-state index contributed by atoms with van der Waals surface area (Å²) in [6.45, 7) is -0.250. The number of hydrogen-bond donors (Lipinski definition) is 3. The van der Waals surface area contributed by atoms with E-state index < -0.39 is 0 Å². The Kier molecular flexibility index (Phi) is 11.9. The highest BCUT2D eigenvalue weighted by molar-refractivity contribution is 5.78. The van der Waals surface area contributed by atoms with Crippen LogP contribution in [0.3, 0.4) is 0 Å². The lowest BCUT2D eigenvalue weighted by Crippen LogP contribution is -2.09. The summed E-state index contributed by atoms with van der Waals surface area (Å²) in [5.74, 6) is 0. The molecule has 0 atom stereocenters. The quantitative estimate of drug-likeness (QED) is 0.161. The number of rotatable bonds is 3. The third kappa shape index (κ3) is 9.90. The van der Waals surface area contributed by atoms with E-state index in [1.165, 1.54) is 17.1 Å². The second kappa shape index (κ2) is 17.9. The van der Waals surface area contributed by atoms with Gasteiger partial charge in [-0.2, -0.15) is 0 Å². The second-order valence-electron chi connectivity index (χ2n) is 11.5. The normalized spacial score (nSPS) is 10.7. The topological polar surface area (TPSA) is 97.9 Å². The average molecular weight is 680 g/mol. The number of aromatic nitrogens is 4. The molecule has 2 aliphatic heterocycles. The molecule has 0 fully saturated rings. The van der Waals surface area contributed by atoms with E-state index >= 15 is 0 Å². The smallest absolute Gasteiger partial charge is 0.290 e. The van der Waals surface area contributed by atoms with Crippen LogP contribution in [0.4, 0.5) is 17.1 Å². The van der Waals surface area contributed by atoms with E-state index in [-0.39, 0.29) is 6.47 Å². The summed E-state index contributed by atoms with van der Waals surface area (Å²) < 4.78 is 0. The fourth-order valence-corrected chi connectivity index (χ4v) is 5.51. The molecule has 9 rings (SSSR count). The van der Waals surface area contributed by atoms with Crippen molar-refractivity contribution in [3.05, 3.63) is 199 Å². The summed E-state index contributed by atoms with van der Waals surface area (Å²) in [6, 6.07) is 59.6. The summed E-state index contributed by atoms with van der Waals surface area (Å²) in [7, 11) is 0. The molecule has 5 heterocycles. The molecule has 0 radical (unpaired) electrons. The molecule has 0 aliphatic carbocycles. The molecule has 0 amide bonds. The molecular weight excluding hydrogens is 643 g/mol. The van der Waals surface area contributed by atoms with E-state index in [9.17, 15) is 0 Å². The number of H-pyrrole nitrogens is 2. The van der Waals surface area contributed by atoms with E-state index in [4.69, 9.17) is 9.90 Å². The van der Waals surface area contributed by atoms with Crippen LogP contribution in [0.5, 0.6) is 0 Å². The van der Waals surface area contributed by atoms with Gasteiger partial charge in [-0.1, -0.05) is 91.0 Å². The van der Waals surface area contributed by atoms with Crippen LogP contribution in [0.15, 0.2) is 176 Å². The maximum absolute atomic E-state index is 8.36. The van der Waals surface area contributed by atoms with E-state index in [1.54, 1.807) is 0 Å². The van der Waals surface area contributed by atoms with Gasteiger partial charge >= 0.3 is 0 Å². The number of aromatic amines is 2. The van der Waals surface area contributed by atoms with Gasteiger partial charge < -0.3 is 20.0 Å². The van der Waals surface area contributed by atoms with Gasteiger partial charge in [0.2, 0.25) is 0 Å². The highest BCUT2D eigenvalue weighted by Crippen LogP contribution is 2.33. The van der Waals surface area contributed by atoms with Crippen molar-refractivity contribution in [1.29, 1.82) is 0 Å². The molecule has 3 aromatic heterocycles. The Bertz CT molecular complexity index is 2090. The van der Waals surface area contributed by atoms with Gasteiger partial charge in [0.25, 0.3) is 6.47 Å². The van der Waals surface area contributed by atoms with Crippen molar-refractivity contribution in [2.45, 2.75) is 0 Å². The van der Waals surface area contributed by atoms with Crippen LogP contribution >= 0.6 is 0 Å². The Balaban J connectivity index is 0.000000147. The first-order chi connectivity index (χ1) is 25.7. The number of carboxylic acid groups (broad SMARTS) is 1. The van der Waals surface area contributed by atoms with Crippen LogP contribution < -0.4 is 4.90 Å². The second-order valence-corrected chi connectivity index (χ2v) is 11.5. The maximum atomic E-state index is 8.36. The van der Waals surface area contributed by atoms with Crippen molar-refractivity contribution in [2.75, 3.05) is 4.90 Å². The first kappa shape index (κ1) is 34.6. The Morgan fingerprint density at radius 3 is 0.885 bits per heavy atom. The largest absolute Gasteiger partial charge is 0.483 e. The number of nitrogens with one attached hydrogen (secondary N) is 2. The summed E-state index contributed by atoms with van der Waals surface area (Å²) >= 11 is 0. The van der Waals surface area contributed by atoms with Gasteiger partial charge in [0, 0.05) is 39.1 Å². The van der Waals surface area contributed by atoms with Gasteiger partial charge in [0.05, 0.1) is 22.8 Å². The molecular formula is C45H37N5O2. The van der Waals surface area contributed by atoms with Crippen LogP contribution in [0, 0.1) is 0 Å². The summed E-state index contributed by atoms with van der Waals surface area (Å²) in [5, 5.41) is 6.89. The van der Waals surface area contributed by atoms with Crippen molar-refractivity contribution in [3.63, 3.8) is 0 Å². The number of para-hydroxylation sites is 3. The van der Waals surface area contributed by atoms with Crippen LogP contribution in [-0.2, 0) is 4.79 Å². The fourth-order valence-electron chi connectivity index (χ4n) is 5.51. The molecule has 2 aliphatic rings. The number of hydrogen-bond acceptors (Lipinski definition) is 4. The predicted octanol–water partition coefficient (Wildman–Crippen LogP) is 11.2. The predicted molar refractivity (Wildman–Crippen MR) is 215 cm³/mol. The highest BCUT2D eigenvalue weighted by atomic mass is 16.3. The molecule has 3 N–H and O–H groups in total. The molecule has 7 aromatic rings. The molecule has 8 bridgehead atoms. The molecule has 0 saturated carbocycles. The number of benzene rings is 4. The van der Waals surface area contributed by atoms with E-state index in [0.29, 0.717) is 0 Å². The van der Waals surface area contributed by atoms with E-state index in [2.05, 4.69) is 122 Å². The molecule has 0 saturated heterocycles. The van der Waals surface area contributed by atoms with Gasteiger partial charge in [-0.3, -0.25) is 4.79 Å². The van der Waals surface area contributed by atoms with Crippen molar-refractivity contribution in [3.8, 4) is 0 Å². The monoisotopic (exact) mass is 679 g/mol. The lowest BCUT2D eigenvalue weighted by atomic mass is 10.2. The van der Waals surface area contributed by atoms with Gasteiger partial charge in [-0.15, -0.1) is 0 Å². The lowest BCUT2D eigenvalue weighted by molar-refractivity contribution is -0.122. The Morgan fingerprint density at radius 1 is 0.404 bits per heavy atom. The van der Waals surface area contributed by atoms with Gasteiger partial charge in [-0.05, 0) is 109 Å². The minimum Gasteiger partial charge on any atom is -0.483 e. The van der Waals surface area contributed by atoms with Crippen LogP contribution in [0.1, 0.15) is 22.8 Å². The molecule has 254 valence electrons. The molecule has 4 aromatic carbocycles. The maximum Gasteiger partial charge on any atom is 0.290 e. The number of anilines is 3. The zero-order chi connectivity index (χ0) is 35.8. The van der Waals surface area contributed by atoms with Gasteiger partial charge in [0.15, 0.2) is 0 Å². The minimum absolute atomic E-state index is 0.250. The molecule has 7 heteroatoms. The number of carbonyl (C=O) groups is 1. The summed E-state index contributed by atoms with van der Waals surface area (Å²) in [6.07, 6.45) is 8.09. The fraction of sp³-hybridized carbons (Fsp3) is 0. The molecule has 0 unspecified atom stereocenters. The van der Waals surface area contributed by atoms with Gasteiger partial charge in [0.1, 0.15) is 0 Å². The van der Waals surface area contributed by atoms with E-state index in [1.807, 2.05) is 103 Å². The van der Waals surface area contributed by atoms with E-state index in [0.717, 1.165) is 44.8 Å².